The molecule has 4 rings (SSSR count). The zero-order valence-electron chi connectivity index (χ0n) is 18.1. The predicted octanol–water partition coefficient (Wildman–Crippen LogP) is 5.88. The van der Waals surface area contributed by atoms with Crippen LogP contribution in [0.5, 0.6) is 0 Å². The molecule has 0 fully saturated rings. The standard InChI is InChI=1S/C25H16Cl3N3O4/c1-13(32)14-2-6-17(7-3-14)30-23(33)15-4-8-16(9-5-15)29-22-21(28)24(34)31(25(22)35)18-10-11-19(26)20(27)12-18/h2-12,29H,1H3,(H,30,33). The largest absolute Gasteiger partial charge is 0.350 e. The molecule has 3 amide bonds. The number of ketones is 1. The Labute approximate surface area is 215 Å². The number of hydrogen-bond acceptors (Lipinski definition) is 5. The molecule has 176 valence electrons. The van der Waals surface area contributed by atoms with Crippen molar-refractivity contribution < 1.29 is 19.2 Å². The van der Waals surface area contributed by atoms with Crippen LogP contribution < -0.4 is 15.5 Å². The number of benzene rings is 3. The van der Waals surface area contributed by atoms with Crippen LogP contribution in [0.1, 0.15) is 27.6 Å². The van der Waals surface area contributed by atoms with Crippen molar-refractivity contribution in [2.45, 2.75) is 6.92 Å². The molecule has 0 aliphatic carbocycles. The average Bonchev–Trinajstić information content (AvgIpc) is 3.04. The van der Waals surface area contributed by atoms with Crippen molar-refractivity contribution in [1.82, 2.24) is 0 Å². The van der Waals surface area contributed by atoms with Crippen molar-refractivity contribution in [2.24, 2.45) is 0 Å². The van der Waals surface area contributed by atoms with Crippen molar-refractivity contribution in [2.75, 3.05) is 15.5 Å². The van der Waals surface area contributed by atoms with E-state index in [0.29, 0.717) is 22.5 Å². The number of rotatable bonds is 6. The molecule has 0 unspecified atom stereocenters. The highest BCUT2D eigenvalue weighted by Gasteiger charge is 2.39. The summed E-state index contributed by atoms with van der Waals surface area (Å²) in [4.78, 5) is 50.3. The number of anilines is 3. The molecule has 1 aliphatic rings. The van der Waals surface area contributed by atoms with Gasteiger partial charge < -0.3 is 10.6 Å². The highest BCUT2D eigenvalue weighted by molar-refractivity contribution is 6.53. The number of Topliss-reactive ketones (excluding diaryl/α,β-unsaturated/α-hetero) is 1. The lowest BCUT2D eigenvalue weighted by Gasteiger charge is -2.15. The minimum atomic E-state index is -0.704. The third-order valence-electron chi connectivity index (χ3n) is 5.15. The van der Waals surface area contributed by atoms with Gasteiger partial charge in [0.25, 0.3) is 17.7 Å². The summed E-state index contributed by atoms with van der Waals surface area (Å²) in [6, 6.07) is 17.1. The first-order chi connectivity index (χ1) is 16.7. The van der Waals surface area contributed by atoms with E-state index >= 15 is 0 Å². The number of nitrogens with zero attached hydrogens (tertiary/aromatic N) is 1. The third kappa shape index (κ3) is 5.07. The van der Waals surface area contributed by atoms with Gasteiger partial charge in [-0.25, -0.2) is 4.90 Å². The van der Waals surface area contributed by atoms with Crippen LogP contribution >= 0.6 is 34.8 Å². The second kappa shape index (κ2) is 9.92. The van der Waals surface area contributed by atoms with Crippen LogP contribution in [0, 0.1) is 0 Å². The van der Waals surface area contributed by atoms with Crippen LogP contribution in [0.25, 0.3) is 0 Å². The van der Waals surface area contributed by atoms with E-state index in [1.807, 2.05) is 0 Å². The number of hydrogen-bond donors (Lipinski definition) is 2. The maximum absolute atomic E-state index is 12.9. The quantitative estimate of drug-likeness (QED) is 0.307. The first kappa shape index (κ1) is 24.5. The molecule has 10 heteroatoms. The molecule has 1 aliphatic heterocycles. The summed E-state index contributed by atoms with van der Waals surface area (Å²) < 4.78 is 0. The van der Waals surface area contributed by atoms with Gasteiger partial charge in [0.2, 0.25) is 0 Å². The Bertz CT molecular complexity index is 1400. The summed E-state index contributed by atoms with van der Waals surface area (Å²) in [5.41, 5.74) is 2.01. The zero-order chi connectivity index (χ0) is 25.3. The minimum Gasteiger partial charge on any atom is -0.350 e. The zero-order valence-corrected chi connectivity index (χ0v) is 20.3. The monoisotopic (exact) mass is 527 g/mol. The molecular formula is C25H16Cl3N3O4. The molecule has 35 heavy (non-hydrogen) atoms. The van der Waals surface area contributed by atoms with E-state index in [4.69, 9.17) is 34.8 Å². The van der Waals surface area contributed by atoms with E-state index < -0.39 is 11.8 Å². The Morgan fingerprint density at radius 1 is 0.743 bits per heavy atom. The van der Waals surface area contributed by atoms with Crippen LogP contribution in [0.15, 0.2) is 77.5 Å². The van der Waals surface area contributed by atoms with Crippen LogP contribution in [0.2, 0.25) is 10.0 Å². The Morgan fingerprint density at radius 3 is 1.94 bits per heavy atom. The number of nitrogens with one attached hydrogen (secondary N) is 2. The first-order valence-corrected chi connectivity index (χ1v) is 11.3. The Kier molecular flexibility index (Phi) is 6.93. The van der Waals surface area contributed by atoms with Gasteiger partial charge in [0.05, 0.1) is 15.7 Å². The molecule has 0 atom stereocenters. The summed E-state index contributed by atoms with van der Waals surface area (Å²) >= 11 is 18.1. The first-order valence-electron chi connectivity index (χ1n) is 10.2. The smallest absolute Gasteiger partial charge is 0.283 e. The van der Waals surface area contributed by atoms with E-state index in [2.05, 4.69) is 10.6 Å². The lowest BCUT2D eigenvalue weighted by molar-refractivity contribution is -0.120. The van der Waals surface area contributed by atoms with Crippen molar-refractivity contribution in [3.63, 3.8) is 0 Å². The lowest BCUT2D eigenvalue weighted by atomic mass is 10.1. The molecule has 0 spiro atoms. The van der Waals surface area contributed by atoms with Crippen molar-refractivity contribution in [1.29, 1.82) is 0 Å². The maximum atomic E-state index is 12.9. The van der Waals surface area contributed by atoms with Crippen molar-refractivity contribution in [3.05, 3.63) is 98.6 Å². The summed E-state index contributed by atoms with van der Waals surface area (Å²) in [7, 11) is 0. The van der Waals surface area contributed by atoms with Gasteiger partial charge in [-0.3, -0.25) is 19.2 Å². The van der Waals surface area contributed by atoms with Gasteiger partial charge in [-0.2, -0.15) is 0 Å². The number of imide groups is 1. The summed E-state index contributed by atoms with van der Waals surface area (Å²) in [5.74, 6) is -1.79. The topological polar surface area (TPSA) is 95.6 Å². The molecule has 0 aromatic heterocycles. The van der Waals surface area contributed by atoms with Crippen LogP contribution in [-0.4, -0.2) is 23.5 Å². The molecule has 7 nitrogen and oxygen atoms in total. The second-order valence-electron chi connectivity index (χ2n) is 7.52. The third-order valence-corrected chi connectivity index (χ3v) is 6.24. The van der Waals surface area contributed by atoms with E-state index in [-0.39, 0.29) is 38.2 Å². The molecule has 0 bridgehead atoms. The highest BCUT2D eigenvalue weighted by atomic mass is 35.5. The van der Waals surface area contributed by atoms with E-state index in [1.54, 1.807) is 48.5 Å². The SMILES string of the molecule is CC(=O)c1ccc(NC(=O)c2ccc(NC3=C(Cl)C(=O)N(c4ccc(Cl)c(Cl)c4)C3=O)cc2)cc1. The number of carbonyl (C=O) groups excluding carboxylic acids is 4. The second-order valence-corrected chi connectivity index (χ2v) is 8.72. The summed E-state index contributed by atoms with van der Waals surface area (Å²) in [6.45, 7) is 1.46. The minimum absolute atomic E-state index is 0.0660. The Hall–Kier alpha value is -3.65. The van der Waals surface area contributed by atoms with Gasteiger partial charge in [0.15, 0.2) is 5.78 Å². The van der Waals surface area contributed by atoms with E-state index in [0.717, 1.165) is 4.90 Å². The molecular weight excluding hydrogens is 513 g/mol. The predicted molar refractivity (Wildman–Crippen MR) is 136 cm³/mol. The van der Waals surface area contributed by atoms with Crippen LogP contribution in [-0.2, 0) is 9.59 Å². The molecule has 3 aromatic rings. The Morgan fingerprint density at radius 2 is 1.34 bits per heavy atom. The van der Waals surface area contributed by atoms with Crippen LogP contribution in [0.4, 0.5) is 17.1 Å². The van der Waals surface area contributed by atoms with Gasteiger partial charge in [-0.05, 0) is 73.7 Å². The molecule has 3 aromatic carbocycles. The van der Waals surface area contributed by atoms with Gasteiger partial charge in [0, 0.05) is 22.5 Å². The molecule has 0 radical (unpaired) electrons. The summed E-state index contributed by atoms with van der Waals surface area (Å²) in [6.07, 6.45) is 0. The van der Waals surface area contributed by atoms with Gasteiger partial charge >= 0.3 is 0 Å². The highest BCUT2D eigenvalue weighted by Crippen LogP contribution is 2.33. The lowest BCUT2D eigenvalue weighted by Crippen LogP contribution is -2.32. The van der Waals surface area contributed by atoms with E-state index in [1.165, 1.54) is 25.1 Å². The van der Waals surface area contributed by atoms with Crippen LogP contribution in [0.3, 0.4) is 0 Å². The molecule has 2 N–H and O–H groups in total. The van der Waals surface area contributed by atoms with Gasteiger partial charge in [-0.1, -0.05) is 34.8 Å². The van der Waals surface area contributed by atoms with E-state index in [9.17, 15) is 19.2 Å². The number of halogens is 3. The maximum Gasteiger partial charge on any atom is 0.283 e. The van der Waals surface area contributed by atoms with Crippen molar-refractivity contribution >= 4 is 75.4 Å². The number of carbonyl (C=O) groups is 4. The Balaban J connectivity index is 1.46. The van der Waals surface area contributed by atoms with Gasteiger partial charge in [-0.15, -0.1) is 0 Å². The summed E-state index contributed by atoms with van der Waals surface area (Å²) in [5, 5.41) is 5.77. The molecule has 0 saturated heterocycles. The molecule has 0 saturated carbocycles. The fourth-order valence-corrected chi connectivity index (χ4v) is 3.82. The fraction of sp³-hybridized carbons (Fsp3) is 0.0400. The fourth-order valence-electron chi connectivity index (χ4n) is 3.31. The average molecular weight is 529 g/mol. The number of amides is 3. The normalized spacial score (nSPS) is 13.3. The van der Waals surface area contributed by atoms with Gasteiger partial charge in [0.1, 0.15) is 10.7 Å². The molecule has 1 heterocycles. The van der Waals surface area contributed by atoms with Crippen molar-refractivity contribution in [3.8, 4) is 0 Å².